The molecule has 0 saturated heterocycles. The number of nitro benzene ring substituents is 1. The number of nitrogens with one attached hydrogen (secondary N) is 1. The van der Waals surface area contributed by atoms with Gasteiger partial charge < -0.3 is 10.4 Å². The number of allylic oxidation sites excluding steroid dienone is 2. The maximum absolute atomic E-state index is 11.8. The second-order valence-electron chi connectivity index (χ2n) is 4.48. The highest BCUT2D eigenvalue weighted by Gasteiger charge is 2.16. The van der Waals surface area contributed by atoms with E-state index < -0.39 is 4.92 Å². The Labute approximate surface area is 109 Å². The lowest BCUT2D eigenvalue weighted by molar-refractivity contribution is -0.384. The van der Waals surface area contributed by atoms with E-state index in [1.807, 2.05) is 12.2 Å². The first kappa shape index (κ1) is 13.1. The minimum absolute atomic E-state index is 0.0705. The van der Waals surface area contributed by atoms with Crippen molar-refractivity contribution < 1.29 is 14.8 Å². The number of rotatable bonds is 4. The number of amides is 1. The number of phenols is 1. The van der Waals surface area contributed by atoms with E-state index in [9.17, 15) is 20.0 Å². The summed E-state index contributed by atoms with van der Waals surface area (Å²) in [6, 6.07) is 3.53. The Morgan fingerprint density at radius 1 is 1.53 bits per heavy atom. The van der Waals surface area contributed by atoms with Gasteiger partial charge in [-0.2, -0.15) is 0 Å². The van der Waals surface area contributed by atoms with E-state index in [2.05, 4.69) is 5.32 Å². The van der Waals surface area contributed by atoms with E-state index >= 15 is 0 Å². The summed E-state index contributed by atoms with van der Waals surface area (Å²) in [6.07, 6.45) is 6.25. The van der Waals surface area contributed by atoms with Crippen molar-refractivity contribution >= 4 is 17.3 Å². The van der Waals surface area contributed by atoms with Crippen LogP contribution in [0.4, 0.5) is 11.4 Å². The number of benzene rings is 1. The van der Waals surface area contributed by atoms with Crippen LogP contribution in [0, 0.1) is 16.0 Å². The summed E-state index contributed by atoms with van der Waals surface area (Å²) in [4.78, 5) is 21.8. The summed E-state index contributed by atoms with van der Waals surface area (Å²) in [5, 5.41) is 22.7. The average molecular weight is 262 g/mol. The molecule has 2 N–H and O–H groups in total. The van der Waals surface area contributed by atoms with Gasteiger partial charge in [-0.1, -0.05) is 12.2 Å². The third-order valence-corrected chi connectivity index (χ3v) is 3.03. The van der Waals surface area contributed by atoms with Gasteiger partial charge in [-0.05, 0) is 24.8 Å². The molecular weight excluding hydrogens is 248 g/mol. The Hall–Kier alpha value is -2.37. The molecule has 1 aliphatic rings. The molecule has 0 aromatic heterocycles. The molecule has 1 atom stereocenters. The van der Waals surface area contributed by atoms with Gasteiger partial charge in [0.2, 0.25) is 5.91 Å². The molecule has 1 aromatic rings. The van der Waals surface area contributed by atoms with E-state index in [0.717, 1.165) is 18.9 Å². The minimum Gasteiger partial charge on any atom is -0.506 e. The van der Waals surface area contributed by atoms with Crippen molar-refractivity contribution in [3.8, 4) is 5.75 Å². The van der Waals surface area contributed by atoms with Gasteiger partial charge in [0.1, 0.15) is 5.75 Å². The lowest BCUT2D eigenvalue weighted by Gasteiger charge is -2.09. The normalized spacial score (nSPS) is 17.4. The van der Waals surface area contributed by atoms with E-state index in [1.165, 1.54) is 12.1 Å². The first-order chi connectivity index (χ1) is 9.06. The number of nitro groups is 1. The SMILES string of the molecule is O=C(CC1C=CCC1)Nc1cc([N+](=O)[O-])ccc1O. The van der Waals surface area contributed by atoms with Crippen molar-refractivity contribution in [1.29, 1.82) is 0 Å². The quantitative estimate of drug-likeness (QED) is 0.377. The Morgan fingerprint density at radius 2 is 2.32 bits per heavy atom. The van der Waals surface area contributed by atoms with Crippen molar-refractivity contribution in [3.63, 3.8) is 0 Å². The Balaban J connectivity index is 2.05. The smallest absolute Gasteiger partial charge is 0.271 e. The van der Waals surface area contributed by atoms with Gasteiger partial charge in [-0.3, -0.25) is 14.9 Å². The van der Waals surface area contributed by atoms with Crippen molar-refractivity contribution in [1.82, 2.24) is 0 Å². The molecule has 1 amide bonds. The molecule has 0 fully saturated rings. The van der Waals surface area contributed by atoms with Gasteiger partial charge in [0.25, 0.3) is 5.69 Å². The van der Waals surface area contributed by atoms with E-state index in [0.29, 0.717) is 6.42 Å². The van der Waals surface area contributed by atoms with Gasteiger partial charge >= 0.3 is 0 Å². The fraction of sp³-hybridized carbons (Fsp3) is 0.308. The fourth-order valence-electron chi connectivity index (χ4n) is 2.04. The standard InChI is InChI=1S/C13H14N2O4/c16-12-6-5-10(15(18)19)8-11(12)14-13(17)7-9-3-1-2-4-9/h1,3,5-6,8-9,16H,2,4,7H2,(H,14,17). The van der Waals surface area contributed by atoms with Crippen LogP contribution in [-0.2, 0) is 4.79 Å². The highest BCUT2D eigenvalue weighted by Crippen LogP contribution is 2.28. The summed E-state index contributed by atoms with van der Waals surface area (Å²) >= 11 is 0. The molecule has 0 spiro atoms. The summed E-state index contributed by atoms with van der Waals surface area (Å²) in [5.41, 5.74) is -0.102. The van der Waals surface area contributed by atoms with Crippen LogP contribution >= 0.6 is 0 Å². The Morgan fingerprint density at radius 3 is 2.95 bits per heavy atom. The van der Waals surface area contributed by atoms with Crippen molar-refractivity contribution in [2.75, 3.05) is 5.32 Å². The fourth-order valence-corrected chi connectivity index (χ4v) is 2.04. The third-order valence-electron chi connectivity index (χ3n) is 3.03. The van der Waals surface area contributed by atoms with Gasteiger partial charge in [-0.25, -0.2) is 0 Å². The third kappa shape index (κ3) is 3.31. The number of nitrogens with zero attached hydrogens (tertiary/aromatic N) is 1. The van der Waals surface area contributed by atoms with E-state index in [-0.39, 0.29) is 28.9 Å². The first-order valence-electron chi connectivity index (χ1n) is 6.00. The summed E-state index contributed by atoms with van der Waals surface area (Å²) in [6.45, 7) is 0. The molecular formula is C13H14N2O4. The molecule has 0 radical (unpaired) electrons. The molecule has 0 saturated carbocycles. The predicted octanol–water partition coefficient (Wildman–Crippen LogP) is 2.60. The van der Waals surface area contributed by atoms with Crippen LogP contribution in [0.25, 0.3) is 0 Å². The Kier molecular flexibility index (Phi) is 3.79. The van der Waals surface area contributed by atoms with Crippen LogP contribution in [0.2, 0.25) is 0 Å². The van der Waals surface area contributed by atoms with Crippen LogP contribution in [-0.4, -0.2) is 15.9 Å². The Bertz CT molecular complexity index is 539. The van der Waals surface area contributed by atoms with Gasteiger partial charge in [-0.15, -0.1) is 0 Å². The van der Waals surface area contributed by atoms with Crippen LogP contribution in [0.1, 0.15) is 19.3 Å². The highest BCUT2D eigenvalue weighted by molar-refractivity contribution is 5.92. The van der Waals surface area contributed by atoms with Crippen LogP contribution in [0.15, 0.2) is 30.4 Å². The summed E-state index contributed by atoms with van der Waals surface area (Å²) in [7, 11) is 0. The number of carbonyl (C=O) groups excluding carboxylic acids is 1. The van der Waals surface area contributed by atoms with Gasteiger partial charge in [0.05, 0.1) is 10.6 Å². The zero-order valence-corrected chi connectivity index (χ0v) is 10.2. The molecule has 2 rings (SSSR count). The van der Waals surface area contributed by atoms with Crippen LogP contribution < -0.4 is 5.32 Å². The molecule has 6 heteroatoms. The number of hydrogen-bond acceptors (Lipinski definition) is 4. The first-order valence-corrected chi connectivity index (χ1v) is 6.00. The minimum atomic E-state index is -0.575. The number of non-ortho nitro benzene ring substituents is 1. The van der Waals surface area contributed by atoms with Crippen LogP contribution in [0.5, 0.6) is 5.75 Å². The maximum atomic E-state index is 11.8. The van der Waals surface area contributed by atoms with E-state index in [4.69, 9.17) is 0 Å². The largest absolute Gasteiger partial charge is 0.506 e. The average Bonchev–Trinajstić information content (AvgIpc) is 2.84. The summed E-state index contributed by atoms with van der Waals surface area (Å²) in [5.74, 6) is -0.228. The monoisotopic (exact) mass is 262 g/mol. The topological polar surface area (TPSA) is 92.5 Å². The molecule has 0 aliphatic heterocycles. The molecule has 6 nitrogen and oxygen atoms in total. The van der Waals surface area contributed by atoms with Gasteiger partial charge in [0, 0.05) is 18.6 Å². The number of aromatic hydroxyl groups is 1. The number of anilines is 1. The zero-order chi connectivity index (χ0) is 13.8. The second-order valence-corrected chi connectivity index (χ2v) is 4.48. The molecule has 1 unspecified atom stereocenters. The lowest BCUT2D eigenvalue weighted by Crippen LogP contribution is -2.15. The molecule has 0 heterocycles. The number of carbonyl (C=O) groups is 1. The second kappa shape index (κ2) is 5.51. The molecule has 100 valence electrons. The number of hydrogen-bond donors (Lipinski definition) is 2. The van der Waals surface area contributed by atoms with Crippen molar-refractivity contribution in [2.45, 2.75) is 19.3 Å². The molecule has 0 bridgehead atoms. The molecule has 1 aromatic carbocycles. The predicted molar refractivity (Wildman–Crippen MR) is 69.9 cm³/mol. The van der Waals surface area contributed by atoms with Gasteiger partial charge in [0.15, 0.2) is 0 Å². The highest BCUT2D eigenvalue weighted by atomic mass is 16.6. The maximum Gasteiger partial charge on any atom is 0.271 e. The number of phenolic OH excluding ortho intramolecular Hbond substituents is 1. The zero-order valence-electron chi connectivity index (χ0n) is 10.2. The van der Waals surface area contributed by atoms with E-state index in [1.54, 1.807) is 0 Å². The lowest BCUT2D eigenvalue weighted by atomic mass is 10.0. The van der Waals surface area contributed by atoms with Crippen LogP contribution in [0.3, 0.4) is 0 Å². The van der Waals surface area contributed by atoms with Crippen molar-refractivity contribution in [3.05, 3.63) is 40.5 Å². The molecule has 1 aliphatic carbocycles. The summed E-state index contributed by atoms with van der Waals surface area (Å²) < 4.78 is 0. The van der Waals surface area contributed by atoms with Crippen molar-refractivity contribution in [2.24, 2.45) is 5.92 Å². The molecule has 19 heavy (non-hydrogen) atoms.